The third-order valence-corrected chi connectivity index (χ3v) is 2.49. The predicted molar refractivity (Wildman–Crippen MR) is 62.2 cm³/mol. The number of benzene rings is 1. The van der Waals surface area contributed by atoms with Gasteiger partial charge in [0, 0.05) is 6.07 Å². The summed E-state index contributed by atoms with van der Waals surface area (Å²) in [7, 11) is 0. The van der Waals surface area contributed by atoms with Crippen LogP contribution >= 0.6 is 0 Å². The average molecular weight is 257 g/mol. The first kappa shape index (κ1) is 13.9. The van der Waals surface area contributed by atoms with E-state index in [1.54, 1.807) is 0 Å². The molecule has 0 fully saturated rings. The first-order chi connectivity index (χ1) is 8.28. The summed E-state index contributed by atoms with van der Waals surface area (Å²) in [5.74, 6) is -2.52. The monoisotopic (exact) mass is 257 g/mol. The second kappa shape index (κ2) is 4.99. The molecule has 1 amide bonds. The number of rotatable bonds is 3. The molecule has 0 saturated heterocycles. The molecule has 18 heavy (non-hydrogen) atoms. The summed E-state index contributed by atoms with van der Waals surface area (Å²) >= 11 is 0. The highest BCUT2D eigenvalue weighted by atomic mass is 19.1. The van der Waals surface area contributed by atoms with Gasteiger partial charge in [0.15, 0.2) is 5.84 Å². The first-order valence-corrected chi connectivity index (χ1v) is 5.03. The predicted octanol–water partition coefficient (Wildman–Crippen LogP) is 1.68. The number of halogens is 2. The molecule has 0 spiro atoms. The molecule has 0 heterocycles. The van der Waals surface area contributed by atoms with Crippen LogP contribution in [-0.2, 0) is 4.79 Å². The van der Waals surface area contributed by atoms with Gasteiger partial charge in [-0.3, -0.25) is 4.79 Å². The smallest absolute Gasteiger partial charge is 0.237 e. The van der Waals surface area contributed by atoms with Crippen molar-refractivity contribution in [2.24, 2.45) is 16.3 Å². The highest BCUT2D eigenvalue weighted by Gasteiger charge is 2.33. The van der Waals surface area contributed by atoms with E-state index in [0.29, 0.717) is 0 Å². The van der Waals surface area contributed by atoms with Crippen LogP contribution in [0.25, 0.3) is 0 Å². The van der Waals surface area contributed by atoms with Gasteiger partial charge in [-0.25, -0.2) is 8.78 Å². The summed E-state index contributed by atoms with van der Waals surface area (Å²) in [6.07, 6.45) is 0. The van der Waals surface area contributed by atoms with E-state index in [1.165, 1.54) is 13.8 Å². The van der Waals surface area contributed by atoms with Crippen LogP contribution in [0.15, 0.2) is 23.4 Å². The lowest BCUT2D eigenvalue weighted by molar-refractivity contribution is -0.121. The summed E-state index contributed by atoms with van der Waals surface area (Å²) < 4.78 is 26.2. The third kappa shape index (κ3) is 2.73. The number of anilines is 1. The highest BCUT2D eigenvalue weighted by molar-refractivity contribution is 6.11. The van der Waals surface area contributed by atoms with Gasteiger partial charge in [-0.15, -0.1) is 0 Å². The molecule has 98 valence electrons. The summed E-state index contributed by atoms with van der Waals surface area (Å²) in [5, 5.41) is 13.4. The van der Waals surface area contributed by atoms with E-state index in [-0.39, 0.29) is 11.5 Å². The number of carbonyl (C=O) groups is 1. The summed E-state index contributed by atoms with van der Waals surface area (Å²) in [6, 6.07) is 2.66. The van der Waals surface area contributed by atoms with E-state index in [9.17, 15) is 13.6 Å². The summed E-state index contributed by atoms with van der Waals surface area (Å²) in [5.41, 5.74) is 3.68. The largest absolute Gasteiger partial charge is 0.409 e. The lowest BCUT2D eigenvalue weighted by Gasteiger charge is -2.21. The maximum Gasteiger partial charge on any atom is 0.237 e. The number of hydrogen-bond donors (Lipinski definition) is 3. The minimum atomic E-state index is -1.35. The molecule has 5 nitrogen and oxygen atoms in total. The van der Waals surface area contributed by atoms with E-state index in [4.69, 9.17) is 10.9 Å². The van der Waals surface area contributed by atoms with Crippen LogP contribution in [-0.4, -0.2) is 17.0 Å². The third-order valence-electron chi connectivity index (χ3n) is 2.49. The van der Waals surface area contributed by atoms with Crippen LogP contribution in [0.3, 0.4) is 0 Å². The number of carbonyl (C=O) groups excluding carboxylic acids is 1. The van der Waals surface area contributed by atoms with Crippen LogP contribution in [0.4, 0.5) is 14.5 Å². The second-order valence-corrected chi connectivity index (χ2v) is 4.19. The Morgan fingerprint density at radius 2 is 2.06 bits per heavy atom. The minimum absolute atomic E-state index is 0.307. The van der Waals surface area contributed by atoms with Gasteiger partial charge in [0.25, 0.3) is 0 Å². The molecule has 0 atom stereocenters. The number of hydrogen-bond acceptors (Lipinski definition) is 3. The van der Waals surface area contributed by atoms with Crippen molar-refractivity contribution in [1.82, 2.24) is 0 Å². The zero-order valence-electron chi connectivity index (χ0n) is 9.87. The zero-order chi connectivity index (χ0) is 13.9. The Morgan fingerprint density at radius 3 is 2.61 bits per heavy atom. The SMILES string of the molecule is CC(C)(C(=O)Nc1cc(F)ccc1F)C(N)=NO. The molecule has 1 aromatic rings. The Kier molecular flexibility index (Phi) is 3.85. The summed E-state index contributed by atoms with van der Waals surface area (Å²) in [6.45, 7) is 2.77. The fraction of sp³-hybridized carbons (Fsp3) is 0.273. The average Bonchev–Trinajstić information content (AvgIpc) is 2.32. The van der Waals surface area contributed by atoms with E-state index in [0.717, 1.165) is 18.2 Å². The van der Waals surface area contributed by atoms with Crippen LogP contribution in [0.2, 0.25) is 0 Å². The lowest BCUT2D eigenvalue weighted by Crippen LogP contribution is -2.42. The molecule has 0 saturated carbocycles. The Morgan fingerprint density at radius 1 is 1.44 bits per heavy atom. The molecule has 4 N–H and O–H groups in total. The molecule has 0 aromatic heterocycles. The van der Waals surface area contributed by atoms with E-state index in [1.807, 2.05) is 0 Å². The van der Waals surface area contributed by atoms with Gasteiger partial charge in [-0.2, -0.15) is 0 Å². The van der Waals surface area contributed by atoms with Crippen LogP contribution in [0.1, 0.15) is 13.8 Å². The molecular formula is C11H13F2N3O2. The molecule has 0 aliphatic rings. The first-order valence-electron chi connectivity index (χ1n) is 5.03. The normalized spacial score (nSPS) is 12.3. The lowest BCUT2D eigenvalue weighted by atomic mass is 9.91. The number of amides is 1. The quantitative estimate of drug-likeness (QED) is 0.333. The molecular weight excluding hydrogens is 244 g/mol. The molecule has 1 aromatic carbocycles. The van der Waals surface area contributed by atoms with Crippen molar-refractivity contribution in [1.29, 1.82) is 0 Å². The zero-order valence-corrected chi connectivity index (χ0v) is 9.87. The second-order valence-electron chi connectivity index (χ2n) is 4.19. The Labute approximate surface area is 102 Å². The highest BCUT2D eigenvalue weighted by Crippen LogP contribution is 2.21. The number of nitrogens with zero attached hydrogens (tertiary/aromatic N) is 1. The minimum Gasteiger partial charge on any atom is -0.409 e. The Hall–Kier alpha value is -2.18. The number of nitrogens with one attached hydrogen (secondary N) is 1. The maximum absolute atomic E-state index is 13.3. The fourth-order valence-electron chi connectivity index (χ4n) is 1.11. The van der Waals surface area contributed by atoms with Crippen LogP contribution < -0.4 is 11.1 Å². The molecule has 1 rings (SSSR count). The van der Waals surface area contributed by atoms with Gasteiger partial charge < -0.3 is 16.3 Å². The van der Waals surface area contributed by atoms with Crippen LogP contribution in [0.5, 0.6) is 0 Å². The number of nitrogens with two attached hydrogens (primary N) is 1. The van der Waals surface area contributed by atoms with E-state index in [2.05, 4.69) is 10.5 Å². The number of amidine groups is 1. The van der Waals surface area contributed by atoms with Crippen molar-refractivity contribution in [3.05, 3.63) is 29.8 Å². The topological polar surface area (TPSA) is 87.7 Å². The van der Waals surface area contributed by atoms with Crippen molar-refractivity contribution in [3.63, 3.8) is 0 Å². The van der Waals surface area contributed by atoms with E-state index < -0.39 is 23.0 Å². The Bertz CT molecular complexity index is 501. The van der Waals surface area contributed by atoms with Gasteiger partial charge in [0.05, 0.1) is 5.69 Å². The van der Waals surface area contributed by atoms with Crippen LogP contribution in [0, 0.1) is 17.0 Å². The van der Waals surface area contributed by atoms with Gasteiger partial charge in [-0.05, 0) is 26.0 Å². The van der Waals surface area contributed by atoms with Crippen molar-refractivity contribution in [2.75, 3.05) is 5.32 Å². The molecule has 0 aliphatic carbocycles. The molecule has 7 heteroatoms. The van der Waals surface area contributed by atoms with E-state index >= 15 is 0 Å². The van der Waals surface area contributed by atoms with Crippen molar-refractivity contribution in [2.45, 2.75) is 13.8 Å². The van der Waals surface area contributed by atoms with Gasteiger partial charge in [0.1, 0.15) is 17.0 Å². The summed E-state index contributed by atoms with van der Waals surface area (Å²) in [4.78, 5) is 11.8. The molecule has 0 bridgehead atoms. The fourth-order valence-corrected chi connectivity index (χ4v) is 1.11. The Balaban J connectivity index is 2.98. The van der Waals surface area contributed by atoms with Crippen molar-refractivity contribution >= 4 is 17.4 Å². The van der Waals surface area contributed by atoms with Crippen molar-refractivity contribution in [3.8, 4) is 0 Å². The van der Waals surface area contributed by atoms with Crippen molar-refractivity contribution < 1.29 is 18.8 Å². The molecule has 0 unspecified atom stereocenters. The molecule has 0 aliphatic heterocycles. The van der Waals surface area contributed by atoms with Gasteiger partial charge in [-0.1, -0.05) is 5.16 Å². The maximum atomic E-state index is 13.3. The standard InChI is InChI=1S/C11H13F2N3O2/c1-11(2,9(14)16-18)10(17)15-8-5-6(12)3-4-7(8)13/h3-5,18H,1-2H3,(H2,14,16)(H,15,17). The molecule has 0 radical (unpaired) electrons. The number of oxime groups is 1. The van der Waals surface area contributed by atoms with Gasteiger partial charge >= 0.3 is 0 Å². The van der Waals surface area contributed by atoms with Gasteiger partial charge in [0.2, 0.25) is 5.91 Å².